The minimum absolute atomic E-state index is 0.00955. The Kier molecular flexibility index (Phi) is 5.25. The lowest BCUT2D eigenvalue weighted by atomic mass is 10.3. The van der Waals surface area contributed by atoms with Gasteiger partial charge in [0.05, 0.1) is 15.7 Å². The molecule has 0 spiro atoms. The zero-order valence-electron chi connectivity index (χ0n) is 12.5. The van der Waals surface area contributed by atoms with Gasteiger partial charge in [-0.25, -0.2) is 4.98 Å². The van der Waals surface area contributed by atoms with E-state index in [0.717, 1.165) is 21.5 Å². The molecule has 2 heterocycles. The highest BCUT2D eigenvalue weighted by Gasteiger charge is 2.24. The van der Waals surface area contributed by atoms with Gasteiger partial charge in [-0.05, 0) is 37.3 Å². The summed E-state index contributed by atoms with van der Waals surface area (Å²) in [7, 11) is 0. The summed E-state index contributed by atoms with van der Waals surface area (Å²) in [6, 6.07) is 6.98. The molecule has 0 bridgehead atoms. The zero-order chi connectivity index (χ0) is 16.2. The number of thiazole rings is 1. The lowest BCUT2D eigenvalue weighted by Crippen LogP contribution is -2.31. The molecule has 1 fully saturated rings. The van der Waals surface area contributed by atoms with E-state index >= 15 is 0 Å². The standard InChI is InChI=1S/C16H15ClN2O2S2/c1-11-18-13(10-23-11)8-16-19(6-7-22-16)15(20)9-21-14-4-2-12(17)3-5-14/h2-5,8,10H,6-7,9H2,1H3/b16-8+. The van der Waals surface area contributed by atoms with Crippen molar-refractivity contribution in [1.29, 1.82) is 0 Å². The first-order valence-electron chi connectivity index (χ1n) is 7.07. The van der Waals surface area contributed by atoms with Gasteiger partial charge < -0.3 is 9.64 Å². The topological polar surface area (TPSA) is 42.4 Å². The number of hydrogen-bond acceptors (Lipinski definition) is 5. The van der Waals surface area contributed by atoms with Gasteiger partial charge in [0.2, 0.25) is 0 Å². The van der Waals surface area contributed by atoms with E-state index < -0.39 is 0 Å². The summed E-state index contributed by atoms with van der Waals surface area (Å²) >= 11 is 9.10. The fraction of sp³-hybridized carbons (Fsp3) is 0.250. The number of aryl methyl sites for hydroxylation is 1. The SMILES string of the molecule is Cc1nc(/C=C2/SCCN2C(=O)COc2ccc(Cl)cc2)cs1. The van der Waals surface area contributed by atoms with Crippen LogP contribution in [0.3, 0.4) is 0 Å². The molecule has 0 atom stereocenters. The lowest BCUT2D eigenvalue weighted by molar-refractivity contribution is -0.130. The van der Waals surface area contributed by atoms with Crippen molar-refractivity contribution in [3.63, 3.8) is 0 Å². The van der Waals surface area contributed by atoms with E-state index in [4.69, 9.17) is 16.3 Å². The summed E-state index contributed by atoms with van der Waals surface area (Å²) in [5, 5.41) is 4.58. The van der Waals surface area contributed by atoms with E-state index in [1.54, 1.807) is 52.3 Å². The van der Waals surface area contributed by atoms with Crippen LogP contribution in [0.1, 0.15) is 10.7 Å². The highest BCUT2D eigenvalue weighted by molar-refractivity contribution is 8.03. The lowest BCUT2D eigenvalue weighted by Gasteiger charge is -2.17. The van der Waals surface area contributed by atoms with Crippen LogP contribution in [0.2, 0.25) is 5.02 Å². The van der Waals surface area contributed by atoms with E-state index in [-0.39, 0.29) is 12.5 Å². The second kappa shape index (κ2) is 7.38. The minimum atomic E-state index is -0.0526. The van der Waals surface area contributed by atoms with E-state index in [9.17, 15) is 4.79 Å². The van der Waals surface area contributed by atoms with Crippen molar-refractivity contribution in [3.05, 3.63) is 50.4 Å². The zero-order valence-corrected chi connectivity index (χ0v) is 14.9. The molecule has 120 valence electrons. The first-order valence-corrected chi connectivity index (χ1v) is 9.31. The minimum Gasteiger partial charge on any atom is -0.484 e. The molecule has 0 saturated carbocycles. The molecule has 2 aromatic rings. The number of thioether (sulfide) groups is 1. The molecule has 1 aromatic heterocycles. The molecule has 1 amide bonds. The number of rotatable bonds is 4. The Hall–Kier alpha value is -1.50. The molecule has 1 aliphatic rings. The number of halogens is 1. The van der Waals surface area contributed by atoms with E-state index in [0.29, 0.717) is 17.3 Å². The molecule has 0 N–H and O–H groups in total. The third kappa shape index (κ3) is 4.28. The number of nitrogens with zero attached hydrogens (tertiary/aromatic N) is 2. The fourth-order valence-corrected chi connectivity index (χ4v) is 3.86. The first-order chi connectivity index (χ1) is 11.1. The molecule has 7 heteroatoms. The maximum atomic E-state index is 12.4. The van der Waals surface area contributed by atoms with Crippen molar-refractivity contribution >= 4 is 46.7 Å². The number of carbonyl (C=O) groups is 1. The van der Waals surface area contributed by atoms with Crippen LogP contribution in [-0.4, -0.2) is 34.7 Å². The fourth-order valence-electron chi connectivity index (χ4n) is 2.12. The van der Waals surface area contributed by atoms with E-state index in [2.05, 4.69) is 4.98 Å². The molecule has 1 aliphatic heterocycles. The van der Waals surface area contributed by atoms with Gasteiger partial charge in [0.15, 0.2) is 6.61 Å². The van der Waals surface area contributed by atoms with Crippen molar-refractivity contribution in [2.75, 3.05) is 18.9 Å². The summed E-state index contributed by atoms with van der Waals surface area (Å²) < 4.78 is 5.54. The third-order valence-corrected chi connectivity index (χ3v) is 5.28. The van der Waals surface area contributed by atoms with E-state index in [1.807, 2.05) is 18.4 Å². The third-order valence-electron chi connectivity index (χ3n) is 3.22. The van der Waals surface area contributed by atoms with Gasteiger partial charge in [-0.15, -0.1) is 23.1 Å². The number of carbonyl (C=O) groups excluding carboxylic acids is 1. The van der Waals surface area contributed by atoms with Crippen LogP contribution in [-0.2, 0) is 4.79 Å². The number of benzene rings is 1. The Balaban J connectivity index is 1.63. The van der Waals surface area contributed by atoms with Crippen LogP contribution < -0.4 is 4.74 Å². The molecule has 0 aliphatic carbocycles. The van der Waals surface area contributed by atoms with Crippen molar-refractivity contribution < 1.29 is 9.53 Å². The van der Waals surface area contributed by atoms with Crippen LogP contribution in [0.4, 0.5) is 0 Å². The van der Waals surface area contributed by atoms with Gasteiger partial charge in [0.25, 0.3) is 5.91 Å². The van der Waals surface area contributed by atoms with Crippen LogP contribution in [0.5, 0.6) is 5.75 Å². The molecule has 0 unspecified atom stereocenters. The highest BCUT2D eigenvalue weighted by Crippen LogP contribution is 2.30. The predicted molar refractivity (Wildman–Crippen MR) is 95.9 cm³/mol. The van der Waals surface area contributed by atoms with Gasteiger partial charge in [0, 0.05) is 22.7 Å². The number of ether oxygens (including phenoxy) is 1. The second-order valence-corrected chi connectivity index (χ2v) is 7.52. The van der Waals surface area contributed by atoms with Crippen molar-refractivity contribution in [2.45, 2.75) is 6.92 Å². The highest BCUT2D eigenvalue weighted by atomic mass is 35.5. The average molecular weight is 367 g/mol. The number of amides is 1. The Bertz CT molecular complexity index is 728. The Morgan fingerprint density at radius 1 is 1.43 bits per heavy atom. The first kappa shape index (κ1) is 16.4. The van der Waals surface area contributed by atoms with Gasteiger partial charge >= 0.3 is 0 Å². The second-order valence-electron chi connectivity index (χ2n) is 4.91. The van der Waals surface area contributed by atoms with Crippen molar-refractivity contribution in [1.82, 2.24) is 9.88 Å². The largest absolute Gasteiger partial charge is 0.484 e. The van der Waals surface area contributed by atoms with E-state index in [1.165, 1.54) is 0 Å². The van der Waals surface area contributed by atoms with Gasteiger partial charge in [0.1, 0.15) is 5.75 Å². The van der Waals surface area contributed by atoms with Crippen LogP contribution in [0.25, 0.3) is 6.08 Å². The van der Waals surface area contributed by atoms with Crippen LogP contribution in [0.15, 0.2) is 34.7 Å². The maximum Gasteiger partial charge on any atom is 0.265 e. The summed E-state index contributed by atoms with van der Waals surface area (Å²) in [5.41, 5.74) is 0.897. The summed E-state index contributed by atoms with van der Waals surface area (Å²) in [6.45, 7) is 2.68. The summed E-state index contributed by atoms with van der Waals surface area (Å²) in [5.74, 6) is 1.47. The smallest absolute Gasteiger partial charge is 0.265 e. The van der Waals surface area contributed by atoms with Gasteiger partial charge in [-0.3, -0.25) is 4.79 Å². The molecule has 4 nitrogen and oxygen atoms in total. The average Bonchev–Trinajstić information content (AvgIpc) is 3.16. The molecule has 1 saturated heterocycles. The van der Waals surface area contributed by atoms with Crippen LogP contribution >= 0.6 is 34.7 Å². The maximum absolute atomic E-state index is 12.4. The monoisotopic (exact) mass is 366 g/mol. The predicted octanol–water partition coefficient (Wildman–Crippen LogP) is 4.06. The van der Waals surface area contributed by atoms with Crippen molar-refractivity contribution in [3.8, 4) is 5.75 Å². The molecule has 1 aromatic carbocycles. The number of hydrogen-bond donors (Lipinski definition) is 0. The molecule has 0 radical (unpaired) electrons. The van der Waals surface area contributed by atoms with Gasteiger partial charge in [-0.2, -0.15) is 0 Å². The molecule has 23 heavy (non-hydrogen) atoms. The Labute approximate surface area is 148 Å². The molecular formula is C16H15ClN2O2S2. The van der Waals surface area contributed by atoms with Crippen LogP contribution in [0, 0.1) is 6.92 Å². The molecular weight excluding hydrogens is 352 g/mol. The van der Waals surface area contributed by atoms with Crippen molar-refractivity contribution in [2.24, 2.45) is 0 Å². The normalized spacial score (nSPS) is 16.1. The Morgan fingerprint density at radius 2 is 2.22 bits per heavy atom. The Morgan fingerprint density at radius 3 is 2.91 bits per heavy atom. The number of aromatic nitrogens is 1. The molecule has 3 rings (SSSR count). The summed E-state index contributed by atoms with van der Waals surface area (Å²) in [4.78, 5) is 18.6. The van der Waals surface area contributed by atoms with Gasteiger partial charge in [-0.1, -0.05) is 11.6 Å². The quantitative estimate of drug-likeness (QED) is 0.818. The summed E-state index contributed by atoms with van der Waals surface area (Å²) in [6.07, 6.45) is 1.96.